The van der Waals surface area contributed by atoms with Crippen molar-refractivity contribution in [3.05, 3.63) is 68.2 Å². The van der Waals surface area contributed by atoms with Gasteiger partial charge in [0.2, 0.25) is 0 Å². The van der Waals surface area contributed by atoms with Crippen molar-refractivity contribution in [3.8, 4) is 0 Å². The topological polar surface area (TPSA) is 180 Å². The molecule has 4 rings (SSSR count). The Bertz CT molecular complexity index is 1260. The fourth-order valence-corrected chi connectivity index (χ4v) is 3.58. The first kappa shape index (κ1) is 20.0. The van der Waals surface area contributed by atoms with Crippen molar-refractivity contribution in [1.29, 1.82) is 0 Å². The number of furan rings is 1. The van der Waals surface area contributed by atoms with Crippen LogP contribution in [0.5, 0.6) is 0 Å². The van der Waals surface area contributed by atoms with Gasteiger partial charge in [-0.1, -0.05) is 11.3 Å². The molecular weight excluding hydrogens is 434 g/mol. The van der Waals surface area contributed by atoms with E-state index in [0.717, 1.165) is 17.4 Å². The Morgan fingerprint density at radius 2 is 1.94 bits per heavy atom. The van der Waals surface area contributed by atoms with Gasteiger partial charge in [-0.2, -0.15) is 0 Å². The fraction of sp³-hybridized carbons (Fsp3) is 0.118. The second-order valence-electron chi connectivity index (χ2n) is 6.17. The number of nitrogens with one attached hydrogen (secondary N) is 2. The molecular formula is C17H11N5O8S. The summed E-state index contributed by atoms with van der Waals surface area (Å²) in [6.45, 7) is 0. The molecule has 1 atom stereocenters. The van der Waals surface area contributed by atoms with Gasteiger partial charge < -0.3 is 14.5 Å². The average Bonchev–Trinajstić information content (AvgIpc) is 3.46. The van der Waals surface area contributed by atoms with E-state index in [1.165, 1.54) is 12.1 Å². The van der Waals surface area contributed by atoms with Crippen molar-refractivity contribution >= 4 is 50.1 Å². The van der Waals surface area contributed by atoms with Crippen LogP contribution < -0.4 is 10.6 Å². The predicted octanol–water partition coefficient (Wildman–Crippen LogP) is 2.90. The van der Waals surface area contributed by atoms with Gasteiger partial charge in [0.05, 0.1) is 27.6 Å². The van der Waals surface area contributed by atoms with Gasteiger partial charge in [0, 0.05) is 5.69 Å². The molecule has 2 aromatic heterocycles. The normalized spacial score (nSPS) is 15.2. The highest BCUT2D eigenvalue weighted by Gasteiger charge is 2.31. The average molecular weight is 445 g/mol. The Kier molecular flexibility index (Phi) is 5.04. The molecule has 31 heavy (non-hydrogen) atoms. The van der Waals surface area contributed by atoms with Crippen LogP contribution in [0.25, 0.3) is 10.2 Å². The number of aromatic nitrogens is 1. The molecule has 2 amide bonds. The van der Waals surface area contributed by atoms with E-state index in [9.17, 15) is 29.8 Å². The first-order valence-electron chi connectivity index (χ1n) is 8.58. The maximum Gasteiger partial charge on any atom is 0.433 e. The number of carbonyl (C=O) groups excluding carboxylic acids is 2. The number of amides is 2. The van der Waals surface area contributed by atoms with Crippen molar-refractivity contribution in [2.24, 2.45) is 0 Å². The molecule has 0 spiro atoms. The summed E-state index contributed by atoms with van der Waals surface area (Å²) in [5.41, 5.74) is 0.934. The summed E-state index contributed by atoms with van der Waals surface area (Å²) in [6, 6.07) is 7.04. The second-order valence-corrected chi connectivity index (χ2v) is 7.20. The number of benzene rings is 1. The van der Waals surface area contributed by atoms with Crippen LogP contribution >= 0.6 is 11.3 Å². The molecule has 0 fully saturated rings. The molecule has 1 aromatic carbocycles. The first-order valence-corrected chi connectivity index (χ1v) is 9.39. The molecule has 0 aliphatic carbocycles. The molecule has 14 heteroatoms. The summed E-state index contributed by atoms with van der Waals surface area (Å²) in [5.74, 6) is -2.25. The van der Waals surface area contributed by atoms with Crippen molar-refractivity contribution in [3.63, 3.8) is 0 Å². The third kappa shape index (κ3) is 4.18. The summed E-state index contributed by atoms with van der Waals surface area (Å²) in [4.78, 5) is 48.6. The zero-order valence-electron chi connectivity index (χ0n) is 15.3. The largest absolute Gasteiger partial charge is 0.433 e. The molecule has 2 N–H and O–H groups in total. The highest BCUT2D eigenvalue weighted by Crippen LogP contribution is 2.29. The van der Waals surface area contributed by atoms with E-state index < -0.39 is 33.8 Å². The lowest BCUT2D eigenvalue weighted by Gasteiger charge is -2.07. The van der Waals surface area contributed by atoms with Gasteiger partial charge in [-0.05, 0) is 30.3 Å². The third-order valence-corrected chi connectivity index (χ3v) is 5.02. The lowest BCUT2D eigenvalue weighted by atomic mass is 10.3. The lowest BCUT2D eigenvalue weighted by Crippen LogP contribution is -2.21. The zero-order valence-corrected chi connectivity index (χ0v) is 16.1. The maximum atomic E-state index is 12.2. The zero-order chi connectivity index (χ0) is 22.1. The quantitative estimate of drug-likeness (QED) is 0.426. The van der Waals surface area contributed by atoms with Crippen molar-refractivity contribution < 1.29 is 28.6 Å². The van der Waals surface area contributed by atoms with Crippen LogP contribution in [0.1, 0.15) is 17.0 Å². The fourth-order valence-electron chi connectivity index (χ4n) is 2.68. The molecule has 3 aromatic rings. The van der Waals surface area contributed by atoms with Gasteiger partial charge in [0.25, 0.3) is 11.8 Å². The Labute approximate surface area is 175 Å². The van der Waals surface area contributed by atoms with Crippen LogP contribution in [0.3, 0.4) is 0 Å². The van der Waals surface area contributed by atoms with E-state index >= 15 is 0 Å². The van der Waals surface area contributed by atoms with Gasteiger partial charge in [0.1, 0.15) is 4.92 Å². The summed E-state index contributed by atoms with van der Waals surface area (Å²) in [5, 5.41) is 26.7. The summed E-state index contributed by atoms with van der Waals surface area (Å²) in [7, 11) is 0. The molecule has 158 valence electrons. The Morgan fingerprint density at radius 1 is 1.13 bits per heavy atom. The molecule has 13 nitrogen and oxygen atoms in total. The SMILES string of the molecule is O=C(Nc1ccc2nc(NC(=O)c3ccc([N+](=O)[O-])o3)sc2c1)C1=CCC([N+](=O)[O-])O1. The molecule has 1 aliphatic rings. The number of carbonyl (C=O) groups is 2. The molecule has 1 aliphatic heterocycles. The lowest BCUT2D eigenvalue weighted by molar-refractivity contribution is -0.566. The van der Waals surface area contributed by atoms with Gasteiger partial charge in [-0.15, -0.1) is 0 Å². The summed E-state index contributed by atoms with van der Waals surface area (Å²) < 4.78 is 10.5. The minimum atomic E-state index is -1.27. The Balaban J connectivity index is 1.44. The number of ether oxygens (including phenoxy) is 1. The van der Waals surface area contributed by atoms with Crippen LogP contribution in [0.4, 0.5) is 16.7 Å². The molecule has 3 heterocycles. The molecule has 0 saturated heterocycles. The summed E-state index contributed by atoms with van der Waals surface area (Å²) in [6.07, 6.45) is 0.0816. The van der Waals surface area contributed by atoms with Gasteiger partial charge in [0.15, 0.2) is 16.7 Å². The van der Waals surface area contributed by atoms with Crippen LogP contribution in [0, 0.1) is 20.2 Å². The highest BCUT2D eigenvalue weighted by molar-refractivity contribution is 7.22. The van der Waals surface area contributed by atoms with Crippen LogP contribution in [0.15, 0.2) is 46.6 Å². The van der Waals surface area contributed by atoms with Crippen molar-refractivity contribution in [1.82, 2.24) is 4.98 Å². The minimum absolute atomic E-state index is 0.00547. The van der Waals surface area contributed by atoms with Crippen molar-refractivity contribution in [2.45, 2.75) is 12.6 Å². The number of hydrogen-bond donors (Lipinski definition) is 2. The van der Waals surface area contributed by atoms with E-state index in [2.05, 4.69) is 15.6 Å². The number of fused-ring (bicyclic) bond motifs is 1. The van der Waals surface area contributed by atoms with Gasteiger partial charge >= 0.3 is 12.1 Å². The van der Waals surface area contributed by atoms with E-state index in [1.807, 2.05) is 0 Å². The van der Waals surface area contributed by atoms with Crippen LogP contribution in [0.2, 0.25) is 0 Å². The number of nitro groups is 2. The van der Waals surface area contributed by atoms with Crippen LogP contribution in [-0.2, 0) is 9.53 Å². The molecule has 0 bridgehead atoms. The molecule has 0 radical (unpaired) electrons. The Morgan fingerprint density at radius 3 is 2.61 bits per heavy atom. The predicted molar refractivity (Wildman–Crippen MR) is 106 cm³/mol. The number of hydrogen-bond acceptors (Lipinski definition) is 10. The van der Waals surface area contributed by atoms with Crippen molar-refractivity contribution in [2.75, 3.05) is 10.6 Å². The monoisotopic (exact) mass is 445 g/mol. The van der Waals surface area contributed by atoms with Gasteiger partial charge in [-0.25, -0.2) is 4.98 Å². The van der Waals surface area contributed by atoms with E-state index in [-0.39, 0.29) is 23.1 Å². The first-order chi connectivity index (χ1) is 14.8. The van der Waals surface area contributed by atoms with E-state index in [1.54, 1.807) is 18.2 Å². The number of rotatable bonds is 6. The number of thiazole rings is 1. The van der Waals surface area contributed by atoms with E-state index in [4.69, 9.17) is 9.15 Å². The Hall–Kier alpha value is -4.33. The maximum absolute atomic E-state index is 12.2. The molecule has 0 saturated carbocycles. The third-order valence-electron chi connectivity index (χ3n) is 4.09. The van der Waals surface area contributed by atoms with E-state index in [0.29, 0.717) is 15.9 Å². The minimum Gasteiger partial charge on any atom is -0.424 e. The van der Waals surface area contributed by atoms with Crippen LogP contribution in [-0.4, -0.2) is 32.9 Å². The van der Waals surface area contributed by atoms with Gasteiger partial charge in [-0.3, -0.25) is 35.1 Å². The second kappa shape index (κ2) is 7.83. The smallest absolute Gasteiger partial charge is 0.424 e. The molecule has 1 unspecified atom stereocenters. The number of nitrogens with zero attached hydrogens (tertiary/aromatic N) is 3. The number of anilines is 2. The summed E-state index contributed by atoms with van der Waals surface area (Å²) >= 11 is 1.11. The standard InChI is InChI=1S/C17H11N5O8S/c23-15(10-3-5-13(29-10)21(25)26)18-8-1-2-9-12(7-8)31-17(19-9)20-16(24)11-4-6-14(30-11)22(27)28/h1-4,6-7,13H,5H2,(H,18,23)(H,19,20,24). The highest BCUT2D eigenvalue weighted by atomic mass is 32.1.